The van der Waals surface area contributed by atoms with Crippen LogP contribution in [0.15, 0.2) is 30.3 Å². The second kappa shape index (κ2) is 6.38. The van der Waals surface area contributed by atoms with E-state index in [0.29, 0.717) is 0 Å². The number of rotatable bonds is 3. The molecule has 1 aliphatic heterocycles. The summed E-state index contributed by atoms with van der Waals surface area (Å²) in [4.78, 5) is 24.0. The van der Waals surface area contributed by atoms with Gasteiger partial charge in [-0.05, 0) is 5.56 Å². The van der Waals surface area contributed by atoms with Gasteiger partial charge in [0.1, 0.15) is 18.8 Å². The van der Waals surface area contributed by atoms with Gasteiger partial charge in [-0.15, -0.1) is 0 Å². The van der Waals surface area contributed by atoms with Gasteiger partial charge in [-0.3, -0.25) is 4.79 Å². The van der Waals surface area contributed by atoms with E-state index < -0.39 is 24.3 Å². The standard InChI is InChI=1S/C14H17NO5/c1-10(16)20-13-8-15(7-12(13)17)14(18)19-9-11-5-3-2-4-6-11/h2-6,12-13,17H,7-9H2,1H3/t12-,13+/m0/s1. The number of ether oxygens (including phenoxy) is 2. The first-order valence-electron chi connectivity index (χ1n) is 6.37. The van der Waals surface area contributed by atoms with E-state index in [4.69, 9.17) is 9.47 Å². The van der Waals surface area contributed by atoms with Crippen LogP contribution in [0, 0.1) is 0 Å². The monoisotopic (exact) mass is 279 g/mol. The van der Waals surface area contributed by atoms with Crippen LogP contribution in [0.5, 0.6) is 0 Å². The Labute approximate surface area is 116 Å². The lowest BCUT2D eigenvalue weighted by Crippen LogP contribution is -2.31. The van der Waals surface area contributed by atoms with E-state index in [2.05, 4.69) is 0 Å². The molecule has 0 saturated carbocycles. The van der Waals surface area contributed by atoms with E-state index in [1.165, 1.54) is 11.8 Å². The third-order valence-electron chi connectivity index (χ3n) is 3.02. The summed E-state index contributed by atoms with van der Waals surface area (Å²) in [6.07, 6.45) is -2.08. The molecular formula is C14H17NO5. The van der Waals surface area contributed by atoms with Crippen molar-refractivity contribution in [2.75, 3.05) is 13.1 Å². The zero-order valence-corrected chi connectivity index (χ0v) is 11.2. The Morgan fingerprint density at radius 2 is 2.00 bits per heavy atom. The molecule has 0 unspecified atom stereocenters. The van der Waals surface area contributed by atoms with Gasteiger partial charge in [0.25, 0.3) is 0 Å². The number of likely N-dealkylation sites (tertiary alicyclic amines) is 1. The summed E-state index contributed by atoms with van der Waals surface area (Å²) >= 11 is 0. The molecule has 0 spiro atoms. The summed E-state index contributed by atoms with van der Waals surface area (Å²) in [5.41, 5.74) is 0.886. The molecule has 108 valence electrons. The second-order valence-corrected chi connectivity index (χ2v) is 4.66. The fraction of sp³-hybridized carbons (Fsp3) is 0.429. The van der Waals surface area contributed by atoms with Crippen molar-refractivity contribution in [1.82, 2.24) is 4.90 Å². The SMILES string of the molecule is CC(=O)O[C@@H]1CN(C(=O)OCc2ccccc2)C[C@@H]1O. The van der Waals surface area contributed by atoms with Crippen LogP contribution < -0.4 is 0 Å². The second-order valence-electron chi connectivity index (χ2n) is 4.66. The van der Waals surface area contributed by atoms with Gasteiger partial charge in [0.2, 0.25) is 0 Å². The van der Waals surface area contributed by atoms with Gasteiger partial charge in [0, 0.05) is 6.92 Å². The largest absolute Gasteiger partial charge is 0.458 e. The van der Waals surface area contributed by atoms with E-state index in [9.17, 15) is 14.7 Å². The average Bonchev–Trinajstić information content (AvgIpc) is 2.78. The van der Waals surface area contributed by atoms with Gasteiger partial charge in [-0.2, -0.15) is 0 Å². The Morgan fingerprint density at radius 1 is 1.30 bits per heavy atom. The molecule has 0 radical (unpaired) electrons. The third-order valence-corrected chi connectivity index (χ3v) is 3.02. The molecule has 6 heteroatoms. The van der Waals surface area contributed by atoms with E-state index >= 15 is 0 Å². The molecule has 1 N–H and O–H groups in total. The van der Waals surface area contributed by atoms with Crippen LogP contribution in [0.4, 0.5) is 4.79 Å². The molecule has 20 heavy (non-hydrogen) atoms. The van der Waals surface area contributed by atoms with Gasteiger partial charge in [0.05, 0.1) is 13.1 Å². The fourth-order valence-electron chi connectivity index (χ4n) is 2.05. The number of hydrogen-bond donors (Lipinski definition) is 1. The fourth-order valence-corrected chi connectivity index (χ4v) is 2.05. The number of benzene rings is 1. The molecule has 1 heterocycles. The number of hydrogen-bond acceptors (Lipinski definition) is 5. The molecule has 1 amide bonds. The van der Waals surface area contributed by atoms with Gasteiger partial charge < -0.3 is 19.5 Å². The lowest BCUT2D eigenvalue weighted by atomic mass is 10.2. The van der Waals surface area contributed by atoms with Crippen molar-refractivity contribution in [3.63, 3.8) is 0 Å². The number of carbonyl (C=O) groups excluding carboxylic acids is 2. The maximum Gasteiger partial charge on any atom is 0.410 e. The van der Waals surface area contributed by atoms with Crippen molar-refractivity contribution in [3.8, 4) is 0 Å². The summed E-state index contributed by atoms with van der Waals surface area (Å²) in [6.45, 7) is 1.69. The predicted octanol–water partition coefficient (Wildman–Crippen LogP) is 0.931. The van der Waals surface area contributed by atoms with Gasteiger partial charge in [-0.1, -0.05) is 30.3 Å². The van der Waals surface area contributed by atoms with Gasteiger partial charge >= 0.3 is 12.1 Å². The molecule has 1 aromatic carbocycles. The summed E-state index contributed by atoms with van der Waals surface area (Å²) in [5.74, 6) is -0.478. The van der Waals surface area contributed by atoms with Crippen LogP contribution in [0.25, 0.3) is 0 Å². The smallest absolute Gasteiger partial charge is 0.410 e. The van der Waals surface area contributed by atoms with Crippen LogP contribution in [0.3, 0.4) is 0 Å². The molecule has 1 aromatic rings. The minimum absolute atomic E-state index is 0.103. The topological polar surface area (TPSA) is 76.1 Å². The molecule has 0 bridgehead atoms. The number of aliphatic hydroxyl groups excluding tert-OH is 1. The summed E-state index contributed by atoms with van der Waals surface area (Å²) in [5, 5.41) is 9.72. The Kier molecular flexibility index (Phi) is 4.57. The zero-order chi connectivity index (χ0) is 14.5. The Hall–Kier alpha value is -2.08. The highest BCUT2D eigenvalue weighted by molar-refractivity contribution is 5.69. The van der Waals surface area contributed by atoms with Crippen molar-refractivity contribution >= 4 is 12.1 Å². The summed E-state index contributed by atoms with van der Waals surface area (Å²) in [7, 11) is 0. The highest BCUT2D eigenvalue weighted by Crippen LogP contribution is 2.15. The molecular weight excluding hydrogens is 262 g/mol. The molecule has 0 aromatic heterocycles. The number of esters is 1. The molecule has 0 aliphatic carbocycles. The van der Waals surface area contributed by atoms with Crippen LogP contribution >= 0.6 is 0 Å². The first-order chi connectivity index (χ1) is 9.56. The van der Waals surface area contributed by atoms with Crippen molar-refractivity contribution in [2.45, 2.75) is 25.7 Å². The Morgan fingerprint density at radius 3 is 2.65 bits per heavy atom. The Balaban J connectivity index is 1.83. The minimum atomic E-state index is -0.872. The van der Waals surface area contributed by atoms with Crippen molar-refractivity contribution in [1.29, 1.82) is 0 Å². The maximum atomic E-state index is 11.8. The van der Waals surface area contributed by atoms with E-state index in [0.717, 1.165) is 5.56 Å². The Bertz CT molecular complexity index is 476. The summed E-state index contributed by atoms with van der Waals surface area (Å²) < 4.78 is 10.1. The highest BCUT2D eigenvalue weighted by atomic mass is 16.6. The highest BCUT2D eigenvalue weighted by Gasteiger charge is 2.36. The van der Waals surface area contributed by atoms with Crippen LogP contribution in [0.1, 0.15) is 12.5 Å². The quantitative estimate of drug-likeness (QED) is 0.833. The van der Waals surface area contributed by atoms with Gasteiger partial charge in [0.15, 0.2) is 0 Å². The third kappa shape index (κ3) is 3.71. The van der Waals surface area contributed by atoms with Crippen molar-refractivity contribution in [2.24, 2.45) is 0 Å². The maximum absolute atomic E-state index is 11.8. The predicted molar refractivity (Wildman–Crippen MR) is 69.8 cm³/mol. The number of carbonyl (C=O) groups is 2. The van der Waals surface area contributed by atoms with Gasteiger partial charge in [-0.25, -0.2) is 4.79 Å². The normalized spacial score (nSPS) is 21.6. The number of nitrogens with zero attached hydrogens (tertiary/aromatic N) is 1. The first kappa shape index (κ1) is 14.3. The molecule has 2 rings (SSSR count). The van der Waals surface area contributed by atoms with E-state index in [1.807, 2.05) is 30.3 Å². The number of β-amino-alcohol motifs (C(OH)–C–C–N with tert-alkyl or cyclic N) is 1. The number of aliphatic hydroxyl groups is 1. The number of amides is 1. The minimum Gasteiger partial charge on any atom is -0.458 e. The van der Waals surface area contributed by atoms with Crippen molar-refractivity contribution in [3.05, 3.63) is 35.9 Å². The summed E-state index contributed by atoms with van der Waals surface area (Å²) in [6, 6.07) is 9.31. The van der Waals surface area contributed by atoms with E-state index in [1.54, 1.807) is 0 Å². The van der Waals surface area contributed by atoms with Crippen molar-refractivity contribution < 1.29 is 24.2 Å². The molecule has 6 nitrogen and oxygen atoms in total. The van der Waals surface area contributed by atoms with E-state index in [-0.39, 0.29) is 19.7 Å². The average molecular weight is 279 g/mol. The molecule has 2 atom stereocenters. The molecule has 1 saturated heterocycles. The first-order valence-corrected chi connectivity index (χ1v) is 6.37. The van der Waals surface area contributed by atoms with Crippen LogP contribution in [-0.2, 0) is 20.9 Å². The lowest BCUT2D eigenvalue weighted by Gasteiger charge is -2.15. The van der Waals surface area contributed by atoms with Crippen LogP contribution in [0.2, 0.25) is 0 Å². The van der Waals surface area contributed by atoms with Crippen LogP contribution in [-0.4, -0.2) is 47.4 Å². The molecule has 1 aliphatic rings. The lowest BCUT2D eigenvalue weighted by molar-refractivity contribution is -0.149. The molecule has 1 fully saturated rings. The zero-order valence-electron chi connectivity index (χ0n) is 11.2.